The molecule has 1 aromatic rings. The van der Waals surface area contributed by atoms with Gasteiger partial charge in [0.25, 0.3) is 0 Å². The van der Waals surface area contributed by atoms with Gasteiger partial charge in [0.05, 0.1) is 6.61 Å². The monoisotopic (exact) mass is 424 g/mol. The zero-order valence-corrected chi connectivity index (χ0v) is 20.6. The van der Waals surface area contributed by atoms with Gasteiger partial charge >= 0.3 is 0 Å². The van der Waals surface area contributed by atoms with Gasteiger partial charge in [-0.2, -0.15) is 0 Å². The maximum absolute atomic E-state index is 6.14. The largest absolute Gasteiger partial charge is 0.494 e. The van der Waals surface area contributed by atoms with E-state index in [0.29, 0.717) is 10.8 Å². The van der Waals surface area contributed by atoms with Gasteiger partial charge in [0.2, 0.25) is 0 Å². The van der Waals surface area contributed by atoms with E-state index < -0.39 is 0 Å². The molecular weight excluding hydrogens is 376 g/mol. The molecule has 0 saturated heterocycles. The van der Waals surface area contributed by atoms with Crippen molar-refractivity contribution in [3.8, 4) is 5.75 Å². The van der Waals surface area contributed by atoms with Crippen molar-refractivity contribution in [2.24, 2.45) is 17.3 Å². The van der Waals surface area contributed by atoms with Gasteiger partial charge in [-0.25, -0.2) is 0 Å². The number of hydrogen-bond acceptors (Lipinski definition) is 1. The maximum Gasteiger partial charge on any atom is 0.119 e. The van der Waals surface area contributed by atoms with E-state index >= 15 is 0 Å². The first-order chi connectivity index (χ1) is 15.2. The Bertz CT molecular complexity index is 627. The molecule has 4 aliphatic carbocycles. The molecule has 0 aliphatic heterocycles. The molecular formula is C30H48O. The molecule has 0 spiro atoms. The van der Waals surface area contributed by atoms with Crippen LogP contribution in [0.1, 0.15) is 129 Å². The molecule has 31 heavy (non-hydrogen) atoms. The number of fused-ring (bicyclic) bond motifs is 3. The van der Waals surface area contributed by atoms with Crippen LogP contribution in [0, 0.1) is 17.3 Å². The van der Waals surface area contributed by atoms with E-state index in [1.54, 1.807) is 5.56 Å². The van der Waals surface area contributed by atoms with Crippen LogP contribution in [0.15, 0.2) is 24.3 Å². The average Bonchev–Trinajstić information content (AvgIpc) is 2.84. The molecule has 0 atom stereocenters. The number of benzene rings is 1. The molecule has 0 amide bonds. The predicted molar refractivity (Wildman–Crippen MR) is 133 cm³/mol. The second-order valence-electron chi connectivity index (χ2n) is 11.5. The number of rotatable bonds is 11. The number of hydrogen-bond donors (Lipinski definition) is 0. The summed E-state index contributed by atoms with van der Waals surface area (Å²) in [6.07, 6.45) is 24.2. The third-order valence-electron chi connectivity index (χ3n) is 9.83. The van der Waals surface area contributed by atoms with Gasteiger partial charge in [-0.05, 0) is 91.7 Å². The highest BCUT2D eigenvalue weighted by Gasteiger charge is 2.48. The van der Waals surface area contributed by atoms with E-state index in [-0.39, 0.29) is 0 Å². The minimum atomic E-state index is 0.477. The van der Waals surface area contributed by atoms with Crippen molar-refractivity contribution in [3.63, 3.8) is 0 Å². The van der Waals surface area contributed by atoms with Crippen LogP contribution in [0.4, 0.5) is 0 Å². The molecule has 1 aromatic carbocycles. The molecule has 0 heterocycles. The Kier molecular flexibility index (Phi) is 8.05. The summed E-state index contributed by atoms with van der Waals surface area (Å²) < 4.78 is 6.14. The van der Waals surface area contributed by atoms with Crippen LogP contribution in [-0.2, 0) is 5.41 Å². The molecule has 0 radical (unpaired) electrons. The zero-order chi connectivity index (χ0) is 21.6. The van der Waals surface area contributed by atoms with Crippen molar-refractivity contribution in [3.05, 3.63) is 29.8 Å². The molecule has 0 unspecified atom stereocenters. The molecule has 4 saturated carbocycles. The maximum atomic E-state index is 6.14. The summed E-state index contributed by atoms with van der Waals surface area (Å²) in [5.41, 5.74) is 2.75. The van der Waals surface area contributed by atoms with Gasteiger partial charge in [-0.15, -0.1) is 0 Å². The summed E-state index contributed by atoms with van der Waals surface area (Å²) in [5, 5.41) is 0. The minimum Gasteiger partial charge on any atom is -0.494 e. The zero-order valence-electron chi connectivity index (χ0n) is 20.6. The Labute approximate surface area is 192 Å². The third-order valence-corrected chi connectivity index (χ3v) is 9.83. The van der Waals surface area contributed by atoms with Crippen LogP contribution < -0.4 is 4.74 Å². The van der Waals surface area contributed by atoms with Gasteiger partial charge in [-0.3, -0.25) is 0 Å². The molecule has 1 heteroatoms. The lowest BCUT2D eigenvalue weighted by atomic mass is 9.51. The van der Waals surface area contributed by atoms with E-state index in [4.69, 9.17) is 4.74 Å². The van der Waals surface area contributed by atoms with Crippen LogP contribution in [0.25, 0.3) is 0 Å². The van der Waals surface area contributed by atoms with Gasteiger partial charge in [0.1, 0.15) is 5.75 Å². The first-order valence-electron chi connectivity index (χ1n) is 13.9. The van der Waals surface area contributed by atoms with Crippen LogP contribution in [-0.4, -0.2) is 6.61 Å². The Morgan fingerprint density at radius 2 is 1.32 bits per heavy atom. The molecule has 4 aliphatic rings. The molecule has 1 nitrogen and oxygen atoms in total. The normalized spacial score (nSPS) is 32.8. The van der Waals surface area contributed by atoms with Crippen molar-refractivity contribution in [2.75, 3.05) is 6.61 Å². The van der Waals surface area contributed by atoms with Crippen LogP contribution in [0.2, 0.25) is 0 Å². The fraction of sp³-hybridized carbons (Fsp3) is 0.800. The van der Waals surface area contributed by atoms with E-state index in [2.05, 4.69) is 38.1 Å². The first kappa shape index (κ1) is 23.2. The van der Waals surface area contributed by atoms with Crippen molar-refractivity contribution < 1.29 is 4.74 Å². The summed E-state index contributed by atoms with van der Waals surface area (Å²) in [5.74, 6) is 3.07. The predicted octanol–water partition coefficient (Wildman–Crippen LogP) is 9.23. The number of ether oxygens (including phenoxy) is 1. The topological polar surface area (TPSA) is 9.23 Å². The lowest BCUT2D eigenvalue weighted by Crippen LogP contribution is -2.43. The van der Waals surface area contributed by atoms with Crippen molar-refractivity contribution in [2.45, 2.75) is 128 Å². The molecule has 0 N–H and O–H groups in total. The van der Waals surface area contributed by atoms with Gasteiger partial charge in [0, 0.05) is 0 Å². The standard InChI is InChI=1S/C30H48O/c1-3-5-6-8-25-10-12-26(13-11-25)9-7-24-31-28-16-14-27(15-17-28)30-21-18-29(4-2,19-22-30)20-23-30/h14-17,25-26H,3-13,18-24H2,1-2H3. The van der Waals surface area contributed by atoms with Gasteiger partial charge in [0.15, 0.2) is 0 Å². The summed E-state index contributed by atoms with van der Waals surface area (Å²) in [6, 6.07) is 9.28. The van der Waals surface area contributed by atoms with Crippen molar-refractivity contribution in [1.82, 2.24) is 0 Å². The van der Waals surface area contributed by atoms with Crippen LogP contribution in [0.3, 0.4) is 0 Å². The highest BCUT2D eigenvalue weighted by atomic mass is 16.5. The second-order valence-corrected chi connectivity index (χ2v) is 11.5. The highest BCUT2D eigenvalue weighted by Crippen LogP contribution is 2.59. The van der Waals surface area contributed by atoms with E-state index in [0.717, 1.165) is 24.2 Å². The Hall–Kier alpha value is -0.980. The summed E-state index contributed by atoms with van der Waals surface area (Å²) >= 11 is 0. The molecule has 2 bridgehead atoms. The molecule has 0 aromatic heterocycles. The number of unbranched alkanes of at least 4 members (excludes halogenated alkanes) is 2. The van der Waals surface area contributed by atoms with E-state index in [1.807, 2.05) is 0 Å². The molecule has 174 valence electrons. The smallest absolute Gasteiger partial charge is 0.119 e. The Morgan fingerprint density at radius 1 is 0.742 bits per heavy atom. The quantitative estimate of drug-likeness (QED) is 0.322. The Balaban J connectivity index is 1.14. The lowest BCUT2D eigenvalue weighted by molar-refractivity contribution is 0.0366. The van der Waals surface area contributed by atoms with Crippen molar-refractivity contribution >= 4 is 0 Å². The van der Waals surface area contributed by atoms with Crippen LogP contribution >= 0.6 is 0 Å². The van der Waals surface area contributed by atoms with Crippen molar-refractivity contribution in [1.29, 1.82) is 0 Å². The summed E-state index contributed by atoms with van der Waals surface area (Å²) in [7, 11) is 0. The summed E-state index contributed by atoms with van der Waals surface area (Å²) in [6.45, 7) is 5.61. The van der Waals surface area contributed by atoms with E-state index in [9.17, 15) is 0 Å². The highest BCUT2D eigenvalue weighted by molar-refractivity contribution is 5.34. The minimum absolute atomic E-state index is 0.477. The van der Waals surface area contributed by atoms with Gasteiger partial charge < -0.3 is 4.74 Å². The Morgan fingerprint density at radius 3 is 1.87 bits per heavy atom. The SMILES string of the molecule is CCCCCC1CCC(CCCOc2ccc(C34CCC(CC)(CC3)CC4)cc2)CC1. The molecule has 5 rings (SSSR count). The molecule has 4 fully saturated rings. The third kappa shape index (κ3) is 5.69. The van der Waals surface area contributed by atoms with E-state index in [1.165, 1.54) is 109 Å². The average molecular weight is 425 g/mol. The fourth-order valence-corrected chi connectivity index (χ4v) is 7.19. The summed E-state index contributed by atoms with van der Waals surface area (Å²) in [4.78, 5) is 0. The van der Waals surface area contributed by atoms with Crippen LogP contribution in [0.5, 0.6) is 5.75 Å². The fourth-order valence-electron chi connectivity index (χ4n) is 7.19. The first-order valence-corrected chi connectivity index (χ1v) is 13.9. The lowest BCUT2D eigenvalue weighted by Gasteiger charge is -2.54. The van der Waals surface area contributed by atoms with Gasteiger partial charge in [-0.1, -0.05) is 83.8 Å². The second kappa shape index (κ2) is 10.8.